The monoisotopic (exact) mass is 261 g/mol. The Kier molecular flexibility index (Phi) is 2.98. The van der Waals surface area contributed by atoms with E-state index < -0.39 is 0 Å². The average molecular weight is 261 g/mol. The Morgan fingerprint density at radius 1 is 1.22 bits per heavy atom. The normalized spacial score (nSPS) is 15.1. The molecule has 0 fully saturated rings. The molecule has 0 unspecified atom stereocenters. The van der Waals surface area contributed by atoms with E-state index in [0.717, 1.165) is 5.82 Å². The second-order valence-electron chi connectivity index (χ2n) is 5.29. The SMILES string of the molecule is CC(C)N(C)c1ncnc2sc3c(c12)CCCC3. The van der Waals surface area contributed by atoms with E-state index in [1.165, 1.54) is 46.3 Å². The van der Waals surface area contributed by atoms with Crippen molar-refractivity contribution in [3.8, 4) is 0 Å². The molecule has 2 aromatic heterocycles. The number of hydrogen-bond donors (Lipinski definition) is 0. The van der Waals surface area contributed by atoms with E-state index in [4.69, 9.17) is 0 Å². The molecule has 0 atom stereocenters. The molecule has 0 aliphatic heterocycles. The molecule has 0 aromatic carbocycles. The first-order valence-electron chi connectivity index (χ1n) is 6.66. The highest BCUT2D eigenvalue weighted by Gasteiger charge is 2.21. The minimum Gasteiger partial charge on any atom is -0.357 e. The summed E-state index contributed by atoms with van der Waals surface area (Å²) in [5.41, 5.74) is 1.52. The third-order valence-corrected chi connectivity index (χ3v) is 5.04. The molecule has 3 nitrogen and oxygen atoms in total. The van der Waals surface area contributed by atoms with Gasteiger partial charge in [0.25, 0.3) is 0 Å². The summed E-state index contributed by atoms with van der Waals surface area (Å²) in [7, 11) is 2.12. The lowest BCUT2D eigenvalue weighted by molar-refractivity contribution is 0.699. The van der Waals surface area contributed by atoms with Gasteiger partial charge in [-0.25, -0.2) is 9.97 Å². The summed E-state index contributed by atoms with van der Waals surface area (Å²) >= 11 is 1.87. The quantitative estimate of drug-likeness (QED) is 0.829. The Labute approximate surface area is 112 Å². The molecule has 4 heteroatoms. The Morgan fingerprint density at radius 3 is 2.78 bits per heavy atom. The molecule has 1 aliphatic carbocycles. The fourth-order valence-corrected chi connectivity index (χ4v) is 3.81. The summed E-state index contributed by atoms with van der Waals surface area (Å²) in [6.45, 7) is 4.40. The van der Waals surface area contributed by atoms with Crippen molar-refractivity contribution in [1.29, 1.82) is 0 Å². The fraction of sp³-hybridized carbons (Fsp3) is 0.571. The van der Waals surface area contributed by atoms with Crippen LogP contribution in [0.5, 0.6) is 0 Å². The van der Waals surface area contributed by atoms with Gasteiger partial charge >= 0.3 is 0 Å². The van der Waals surface area contributed by atoms with Gasteiger partial charge in [-0.05, 0) is 45.1 Å². The Bertz CT molecular complexity index is 574. The van der Waals surface area contributed by atoms with Crippen LogP contribution in [0.25, 0.3) is 10.2 Å². The molecule has 0 N–H and O–H groups in total. The van der Waals surface area contributed by atoms with Gasteiger partial charge in [-0.15, -0.1) is 11.3 Å². The molecular weight excluding hydrogens is 242 g/mol. The molecule has 96 valence electrons. The van der Waals surface area contributed by atoms with E-state index in [2.05, 4.69) is 35.8 Å². The third kappa shape index (κ3) is 1.79. The second kappa shape index (κ2) is 4.50. The van der Waals surface area contributed by atoms with Gasteiger partial charge in [0.15, 0.2) is 0 Å². The molecular formula is C14H19N3S. The summed E-state index contributed by atoms with van der Waals surface area (Å²) in [5.74, 6) is 1.11. The number of aromatic nitrogens is 2. The van der Waals surface area contributed by atoms with Crippen LogP contribution in [-0.4, -0.2) is 23.1 Å². The van der Waals surface area contributed by atoms with Crippen LogP contribution in [0.3, 0.4) is 0 Å². The maximum absolute atomic E-state index is 4.53. The third-order valence-electron chi connectivity index (χ3n) is 3.84. The van der Waals surface area contributed by atoms with E-state index in [1.807, 2.05) is 11.3 Å². The van der Waals surface area contributed by atoms with Gasteiger partial charge in [0.2, 0.25) is 0 Å². The zero-order valence-electron chi connectivity index (χ0n) is 11.2. The lowest BCUT2D eigenvalue weighted by Crippen LogP contribution is -2.26. The van der Waals surface area contributed by atoms with Crippen molar-refractivity contribution in [3.63, 3.8) is 0 Å². The minimum absolute atomic E-state index is 0.460. The summed E-state index contributed by atoms with van der Waals surface area (Å²) in [5, 5.41) is 1.31. The number of fused-ring (bicyclic) bond motifs is 3. The maximum Gasteiger partial charge on any atom is 0.141 e. The van der Waals surface area contributed by atoms with Gasteiger partial charge in [-0.3, -0.25) is 0 Å². The van der Waals surface area contributed by atoms with Gasteiger partial charge in [0, 0.05) is 18.0 Å². The van der Waals surface area contributed by atoms with Crippen molar-refractivity contribution in [2.24, 2.45) is 0 Å². The Balaban J connectivity index is 2.23. The van der Waals surface area contributed by atoms with Crippen LogP contribution >= 0.6 is 11.3 Å². The second-order valence-corrected chi connectivity index (χ2v) is 6.38. The summed E-state index contributed by atoms with van der Waals surface area (Å²) in [6, 6.07) is 0.460. The van der Waals surface area contributed by atoms with E-state index in [1.54, 1.807) is 6.33 Å². The molecule has 1 aliphatic rings. The van der Waals surface area contributed by atoms with E-state index in [-0.39, 0.29) is 0 Å². The number of aryl methyl sites for hydroxylation is 2. The predicted molar refractivity (Wildman–Crippen MR) is 77.6 cm³/mol. The smallest absolute Gasteiger partial charge is 0.141 e. The molecule has 0 amide bonds. The molecule has 0 saturated carbocycles. The standard InChI is InChI=1S/C14H19N3S/c1-9(2)17(3)13-12-10-6-4-5-7-11(10)18-14(12)16-8-15-13/h8-9H,4-7H2,1-3H3. The first kappa shape index (κ1) is 11.9. The van der Waals surface area contributed by atoms with E-state index in [0.29, 0.717) is 6.04 Å². The van der Waals surface area contributed by atoms with Crippen molar-refractivity contribution in [2.45, 2.75) is 45.6 Å². The molecule has 0 spiro atoms. The van der Waals surface area contributed by atoms with Gasteiger partial charge in [-0.1, -0.05) is 0 Å². The number of hydrogen-bond acceptors (Lipinski definition) is 4. The van der Waals surface area contributed by atoms with E-state index >= 15 is 0 Å². The number of nitrogens with zero attached hydrogens (tertiary/aromatic N) is 3. The van der Waals surface area contributed by atoms with Crippen molar-refractivity contribution >= 4 is 27.4 Å². The molecule has 2 heterocycles. The van der Waals surface area contributed by atoms with Crippen molar-refractivity contribution < 1.29 is 0 Å². The van der Waals surface area contributed by atoms with Crippen molar-refractivity contribution in [2.75, 3.05) is 11.9 Å². The van der Waals surface area contributed by atoms with Gasteiger partial charge in [0.1, 0.15) is 17.0 Å². The van der Waals surface area contributed by atoms with Crippen molar-refractivity contribution in [1.82, 2.24) is 9.97 Å². The molecule has 0 radical (unpaired) electrons. The van der Waals surface area contributed by atoms with Crippen LogP contribution in [0.2, 0.25) is 0 Å². The molecule has 0 bridgehead atoms. The lowest BCUT2D eigenvalue weighted by Gasteiger charge is -2.23. The zero-order chi connectivity index (χ0) is 12.7. The number of thiophene rings is 1. The minimum atomic E-state index is 0.460. The molecule has 0 saturated heterocycles. The summed E-state index contributed by atoms with van der Waals surface area (Å²) in [4.78, 5) is 14.0. The van der Waals surface area contributed by atoms with Crippen LogP contribution in [0.1, 0.15) is 37.1 Å². The lowest BCUT2D eigenvalue weighted by atomic mass is 9.97. The largest absolute Gasteiger partial charge is 0.357 e. The molecule has 2 aromatic rings. The molecule has 18 heavy (non-hydrogen) atoms. The first-order valence-corrected chi connectivity index (χ1v) is 7.48. The van der Waals surface area contributed by atoms with Crippen LogP contribution in [-0.2, 0) is 12.8 Å². The van der Waals surface area contributed by atoms with Gasteiger partial charge in [0.05, 0.1) is 5.39 Å². The van der Waals surface area contributed by atoms with Crippen LogP contribution in [0.4, 0.5) is 5.82 Å². The van der Waals surface area contributed by atoms with Crippen LogP contribution < -0.4 is 4.90 Å². The highest BCUT2D eigenvalue weighted by molar-refractivity contribution is 7.19. The predicted octanol–water partition coefficient (Wildman–Crippen LogP) is 3.41. The zero-order valence-corrected chi connectivity index (χ0v) is 12.0. The Morgan fingerprint density at radius 2 is 2.00 bits per heavy atom. The van der Waals surface area contributed by atoms with Crippen LogP contribution in [0, 0.1) is 0 Å². The number of rotatable bonds is 2. The fourth-order valence-electron chi connectivity index (χ4n) is 2.59. The summed E-state index contributed by atoms with van der Waals surface area (Å²) in [6.07, 6.45) is 6.75. The topological polar surface area (TPSA) is 29.0 Å². The average Bonchev–Trinajstić information content (AvgIpc) is 2.76. The summed E-state index contributed by atoms with van der Waals surface area (Å²) < 4.78 is 0. The van der Waals surface area contributed by atoms with Crippen LogP contribution in [0.15, 0.2) is 6.33 Å². The number of anilines is 1. The highest BCUT2D eigenvalue weighted by atomic mass is 32.1. The van der Waals surface area contributed by atoms with Crippen molar-refractivity contribution in [3.05, 3.63) is 16.8 Å². The Hall–Kier alpha value is -1.16. The highest BCUT2D eigenvalue weighted by Crippen LogP contribution is 2.39. The molecule has 3 rings (SSSR count). The van der Waals surface area contributed by atoms with E-state index in [9.17, 15) is 0 Å². The van der Waals surface area contributed by atoms with Gasteiger partial charge < -0.3 is 4.90 Å². The maximum atomic E-state index is 4.53. The first-order chi connectivity index (χ1) is 8.68. The van der Waals surface area contributed by atoms with Gasteiger partial charge in [-0.2, -0.15) is 0 Å².